The molecule has 0 spiro atoms. The summed E-state index contributed by atoms with van der Waals surface area (Å²) in [5.74, 6) is 1.08. The number of benzene rings is 1. The van der Waals surface area contributed by atoms with Crippen LogP contribution < -0.4 is 15.2 Å². The van der Waals surface area contributed by atoms with E-state index < -0.39 is 5.79 Å². The predicted molar refractivity (Wildman–Crippen MR) is 72.0 cm³/mol. The minimum atomic E-state index is -0.560. The van der Waals surface area contributed by atoms with Crippen molar-refractivity contribution < 1.29 is 9.47 Å². The first-order valence-electron chi connectivity index (χ1n) is 6.29. The van der Waals surface area contributed by atoms with Crippen molar-refractivity contribution in [3.63, 3.8) is 0 Å². The van der Waals surface area contributed by atoms with Gasteiger partial charge in [0.1, 0.15) is 0 Å². The van der Waals surface area contributed by atoms with Gasteiger partial charge in [0.05, 0.1) is 0 Å². The van der Waals surface area contributed by atoms with Gasteiger partial charge in [-0.25, -0.2) is 0 Å². The van der Waals surface area contributed by atoms with Crippen LogP contribution in [0.25, 0.3) is 0 Å². The van der Waals surface area contributed by atoms with Crippen LogP contribution in [0.1, 0.15) is 19.4 Å². The van der Waals surface area contributed by atoms with Crippen molar-refractivity contribution in [2.24, 2.45) is 5.73 Å². The van der Waals surface area contributed by atoms with Crippen molar-refractivity contribution in [3.8, 4) is 11.5 Å². The van der Waals surface area contributed by atoms with Crippen LogP contribution >= 0.6 is 0 Å². The third-order valence-corrected chi connectivity index (χ3v) is 3.19. The molecule has 1 aliphatic rings. The highest BCUT2D eigenvalue weighted by Crippen LogP contribution is 2.39. The molecule has 4 heteroatoms. The van der Waals surface area contributed by atoms with Crippen LogP contribution in [0.4, 0.5) is 0 Å². The Hall–Kier alpha value is -1.26. The zero-order valence-electron chi connectivity index (χ0n) is 11.6. The zero-order chi connectivity index (χ0) is 13.3. The molecule has 18 heavy (non-hydrogen) atoms. The van der Waals surface area contributed by atoms with Crippen molar-refractivity contribution >= 4 is 0 Å². The van der Waals surface area contributed by atoms with Gasteiger partial charge < -0.3 is 20.1 Å². The van der Waals surface area contributed by atoms with E-state index in [0.29, 0.717) is 12.6 Å². The third-order valence-electron chi connectivity index (χ3n) is 3.19. The summed E-state index contributed by atoms with van der Waals surface area (Å²) in [6.45, 7) is 4.47. The summed E-state index contributed by atoms with van der Waals surface area (Å²) in [5.41, 5.74) is 7.00. The molecular weight excluding hydrogens is 228 g/mol. The molecular formula is C14H22N2O2. The summed E-state index contributed by atoms with van der Waals surface area (Å²) in [4.78, 5) is 2.15. The number of hydrogen-bond donors (Lipinski definition) is 1. The molecule has 0 saturated carbocycles. The number of fused-ring (bicyclic) bond motifs is 1. The zero-order valence-corrected chi connectivity index (χ0v) is 11.6. The molecule has 100 valence electrons. The van der Waals surface area contributed by atoms with Crippen molar-refractivity contribution in [1.82, 2.24) is 4.90 Å². The Balaban J connectivity index is 2.14. The average molecular weight is 250 g/mol. The number of likely N-dealkylation sites (N-methyl/N-ethyl adjacent to an activating group) is 1. The van der Waals surface area contributed by atoms with Gasteiger partial charge >= 0.3 is 0 Å². The minimum Gasteiger partial charge on any atom is -0.449 e. The highest BCUT2D eigenvalue weighted by Gasteiger charge is 2.31. The van der Waals surface area contributed by atoms with Gasteiger partial charge in [-0.1, -0.05) is 6.07 Å². The fourth-order valence-electron chi connectivity index (χ4n) is 2.14. The van der Waals surface area contributed by atoms with E-state index in [-0.39, 0.29) is 0 Å². The fraction of sp³-hybridized carbons (Fsp3) is 0.571. The van der Waals surface area contributed by atoms with Crippen LogP contribution in [0.5, 0.6) is 11.5 Å². The maximum absolute atomic E-state index is 5.78. The van der Waals surface area contributed by atoms with Gasteiger partial charge in [0.15, 0.2) is 11.5 Å². The van der Waals surface area contributed by atoms with Crippen LogP contribution in [0, 0.1) is 0 Å². The second-order valence-electron chi connectivity index (χ2n) is 5.44. The minimum absolute atomic E-state index is 0.346. The topological polar surface area (TPSA) is 47.7 Å². The van der Waals surface area contributed by atoms with E-state index in [9.17, 15) is 0 Å². The monoisotopic (exact) mass is 250 g/mol. The highest BCUT2D eigenvalue weighted by molar-refractivity contribution is 5.45. The molecule has 2 rings (SSSR count). The Labute approximate surface area is 109 Å². The maximum atomic E-state index is 5.78. The summed E-state index contributed by atoms with van der Waals surface area (Å²) in [7, 11) is 4.10. The molecule has 0 amide bonds. The lowest BCUT2D eigenvalue weighted by Crippen LogP contribution is -2.36. The number of nitrogens with zero attached hydrogens (tertiary/aromatic N) is 1. The largest absolute Gasteiger partial charge is 0.449 e. The first-order chi connectivity index (χ1) is 8.41. The lowest BCUT2D eigenvalue weighted by molar-refractivity contribution is -0.0431. The van der Waals surface area contributed by atoms with Crippen LogP contribution in [-0.2, 0) is 6.42 Å². The standard InChI is InChI=1S/C14H22N2O2/c1-14(2)17-12-6-5-10(8-13(12)18-14)7-11(9-15)16(3)4/h5-6,8,11H,7,9,15H2,1-4H3/t11-/m0/s1. The molecule has 1 aromatic carbocycles. The molecule has 0 saturated heterocycles. The molecule has 0 aliphatic carbocycles. The smallest absolute Gasteiger partial charge is 0.246 e. The molecule has 0 bridgehead atoms. The summed E-state index contributed by atoms with van der Waals surface area (Å²) >= 11 is 0. The first kappa shape index (κ1) is 13.2. The normalized spacial score (nSPS) is 18.1. The van der Waals surface area contributed by atoms with E-state index in [4.69, 9.17) is 15.2 Å². The van der Waals surface area contributed by atoms with Gasteiger partial charge in [0.2, 0.25) is 5.79 Å². The lowest BCUT2D eigenvalue weighted by Gasteiger charge is -2.22. The molecule has 4 nitrogen and oxygen atoms in total. The van der Waals surface area contributed by atoms with E-state index >= 15 is 0 Å². The van der Waals surface area contributed by atoms with Crippen molar-refractivity contribution in [3.05, 3.63) is 23.8 Å². The molecule has 0 radical (unpaired) electrons. The Morgan fingerprint density at radius 3 is 2.50 bits per heavy atom. The molecule has 2 N–H and O–H groups in total. The van der Waals surface area contributed by atoms with Crippen LogP contribution in [0.15, 0.2) is 18.2 Å². The summed E-state index contributed by atoms with van der Waals surface area (Å²) in [5, 5.41) is 0. The third kappa shape index (κ3) is 2.76. The van der Waals surface area contributed by atoms with Crippen LogP contribution in [-0.4, -0.2) is 37.4 Å². The van der Waals surface area contributed by atoms with Gasteiger partial charge in [-0.2, -0.15) is 0 Å². The van der Waals surface area contributed by atoms with Crippen molar-refractivity contribution in [2.45, 2.75) is 32.1 Å². The van der Waals surface area contributed by atoms with Crippen molar-refractivity contribution in [2.75, 3.05) is 20.6 Å². The molecule has 1 heterocycles. The van der Waals surface area contributed by atoms with Crippen LogP contribution in [0.2, 0.25) is 0 Å². The van der Waals surface area contributed by atoms with Gasteiger partial charge in [-0.15, -0.1) is 0 Å². The first-order valence-corrected chi connectivity index (χ1v) is 6.29. The molecule has 0 unspecified atom stereocenters. The highest BCUT2D eigenvalue weighted by atomic mass is 16.7. The van der Waals surface area contributed by atoms with Crippen LogP contribution in [0.3, 0.4) is 0 Å². The molecule has 0 aromatic heterocycles. The summed E-state index contributed by atoms with van der Waals surface area (Å²) < 4.78 is 11.4. The maximum Gasteiger partial charge on any atom is 0.246 e. The number of hydrogen-bond acceptors (Lipinski definition) is 4. The predicted octanol–water partition coefficient (Wildman–Crippen LogP) is 1.63. The Morgan fingerprint density at radius 1 is 1.22 bits per heavy atom. The summed E-state index contributed by atoms with van der Waals surface area (Å²) in [6.07, 6.45) is 0.917. The van der Waals surface area contributed by atoms with E-state index in [0.717, 1.165) is 17.9 Å². The average Bonchev–Trinajstić information content (AvgIpc) is 2.58. The fourth-order valence-corrected chi connectivity index (χ4v) is 2.14. The quantitative estimate of drug-likeness (QED) is 0.882. The van der Waals surface area contributed by atoms with E-state index in [1.165, 1.54) is 5.56 Å². The Kier molecular flexibility index (Phi) is 3.50. The molecule has 1 atom stereocenters. The molecule has 0 fully saturated rings. The van der Waals surface area contributed by atoms with Gasteiger partial charge in [-0.3, -0.25) is 0 Å². The van der Waals surface area contributed by atoms with Gasteiger partial charge in [-0.05, 0) is 38.2 Å². The molecule has 1 aromatic rings. The van der Waals surface area contributed by atoms with E-state index in [2.05, 4.69) is 17.0 Å². The van der Waals surface area contributed by atoms with E-state index in [1.54, 1.807) is 0 Å². The number of ether oxygens (including phenoxy) is 2. The van der Waals surface area contributed by atoms with E-state index in [1.807, 2.05) is 34.0 Å². The van der Waals surface area contributed by atoms with Crippen molar-refractivity contribution in [1.29, 1.82) is 0 Å². The summed E-state index contributed by atoms with van der Waals surface area (Å²) in [6, 6.07) is 6.45. The SMILES string of the molecule is CN(C)[C@H](CN)Cc1ccc2c(c1)OC(C)(C)O2. The second-order valence-corrected chi connectivity index (χ2v) is 5.44. The van der Waals surface area contributed by atoms with Gasteiger partial charge in [0, 0.05) is 26.4 Å². The lowest BCUT2D eigenvalue weighted by atomic mass is 10.0. The Bertz CT molecular complexity index is 430. The second kappa shape index (κ2) is 4.78. The Morgan fingerprint density at radius 2 is 1.89 bits per heavy atom. The number of nitrogens with two attached hydrogens (primary N) is 1. The van der Waals surface area contributed by atoms with Gasteiger partial charge in [0.25, 0.3) is 0 Å². The number of rotatable bonds is 4. The molecule has 1 aliphatic heterocycles.